The molecule has 26 heavy (non-hydrogen) atoms. The summed E-state index contributed by atoms with van der Waals surface area (Å²) in [7, 11) is 0. The molecular formula is C14H14Cl4N6S2. The molecule has 140 valence electrons. The van der Waals surface area contributed by atoms with Gasteiger partial charge in [0.05, 0.1) is 0 Å². The monoisotopic (exact) mass is 470 g/mol. The summed E-state index contributed by atoms with van der Waals surface area (Å²) in [4.78, 5) is 16.6. The second-order valence-corrected chi connectivity index (χ2v) is 8.33. The molecule has 0 amide bonds. The van der Waals surface area contributed by atoms with Crippen molar-refractivity contribution in [2.75, 3.05) is 11.5 Å². The van der Waals surface area contributed by atoms with E-state index in [2.05, 4.69) is 44.0 Å². The van der Waals surface area contributed by atoms with E-state index in [1.807, 2.05) is 0 Å². The molecule has 2 aromatic heterocycles. The molecule has 0 radical (unpaired) electrons. The van der Waals surface area contributed by atoms with Gasteiger partial charge < -0.3 is 0 Å². The number of hydrogen-bond acceptors (Lipinski definition) is 8. The fraction of sp³-hybridized carbons (Fsp3) is 0.429. The van der Waals surface area contributed by atoms with Crippen LogP contribution in [0, 0.1) is 0 Å². The Morgan fingerprint density at radius 1 is 0.654 bits per heavy atom. The van der Waals surface area contributed by atoms with E-state index in [1.165, 1.54) is 23.5 Å². The maximum atomic E-state index is 6.14. The standard InChI is InChI=1S/C14H14Cl4N6S2/c1-3-5-25-13-19-9(15)7(10(16)20-13)23-24-8-11(17)21-14(22-12(8)18)26-6-4-2/h3-6H2,1-2H3. The van der Waals surface area contributed by atoms with Crippen LogP contribution in [0.2, 0.25) is 20.6 Å². The predicted molar refractivity (Wildman–Crippen MR) is 110 cm³/mol. The van der Waals surface area contributed by atoms with Crippen LogP contribution in [0.4, 0.5) is 11.4 Å². The Hall–Kier alpha value is -0.380. The lowest BCUT2D eigenvalue weighted by Crippen LogP contribution is -1.91. The second kappa shape index (κ2) is 10.8. The van der Waals surface area contributed by atoms with E-state index in [0.717, 1.165) is 24.3 Å². The van der Waals surface area contributed by atoms with Crippen LogP contribution in [-0.4, -0.2) is 31.4 Å². The third kappa shape index (κ3) is 6.07. The van der Waals surface area contributed by atoms with Crippen molar-refractivity contribution < 1.29 is 0 Å². The number of hydrogen-bond donors (Lipinski definition) is 0. The third-order valence-electron chi connectivity index (χ3n) is 2.68. The Bertz CT molecular complexity index is 693. The summed E-state index contributed by atoms with van der Waals surface area (Å²) in [5.41, 5.74) is 0.261. The summed E-state index contributed by atoms with van der Waals surface area (Å²) in [6.45, 7) is 4.11. The van der Waals surface area contributed by atoms with Crippen LogP contribution in [0.3, 0.4) is 0 Å². The van der Waals surface area contributed by atoms with Crippen LogP contribution >= 0.6 is 69.9 Å². The molecule has 0 aromatic carbocycles. The molecule has 2 aromatic rings. The van der Waals surface area contributed by atoms with Crippen molar-refractivity contribution in [2.24, 2.45) is 10.2 Å². The summed E-state index contributed by atoms with van der Waals surface area (Å²) < 4.78 is 0. The van der Waals surface area contributed by atoms with E-state index < -0.39 is 0 Å². The highest BCUT2D eigenvalue weighted by Crippen LogP contribution is 2.37. The minimum Gasteiger partial charge on any atom is -0.208 e. The zero-order valence-electron chi connectivity index (χ0n) is 13.8. The van der Waals surface area contributed by atoms with Crippen LogP contribution in [0.1, 0.15) is 26.7 Å². The number of aromatic nitrogens is 4. The number of azo groups is 1. The van der Waals surface area contributed by atoms with Gasteiger partial charge in [-0.05, 0) is 12.8 Å². The van der Waals surface area contributed by atoms with Gasteiger partial charge in [-0.15, -0.1) is 10.2 Å². The van der Waals surface area contributed by atoms with Crippen molar-refractivity contribution in [2.45, 2.75) is 37.0 Å². The lowest BCUT2D eigenvalue weighted by atomic mass is 10.5. The molecule has 0 fully saturated rings. The van der Waals surface area contributed by atoms with Gasteiger partial charge in [0.1, 0.15) is 0 Å². The molecule has 2 heterocycles. The Kier molecular flexibility index (Phi) is 9.12. The van der Waals surface area contributed by atoms with Crippen LogP contribution in [0.25, 0.3) is 0 Å². The van der Waals surface area contributed by atoms with Crippen molar-refractivity contribution in [1.82, 2.24) is 19.9 Å². The van der Waals surface area contributed by atoms with Gasteiger partial charge in [0, 0.05) is 11.5 Å². The minimum absolute atomic E-state index is 0.0932. The van der Waals surface area contributed by atoms with E-state index in [9.17, 15) is 0 Å². The predicted octanol–water partition coefficient (Wildman–Crippen LogP) is 7.30. The maximum absolute atomic E-state index is 6.14. The highest BCUT2D eigenvalue weighted by atomic mass is 35.5. The van der Waals surface area contributed by atoms with Gasteiger partial charge in [-0.2, -0.15) is 0 Å². The summed E-state index contributed by atoms with van der Waals surface area (Å²) in [5, 5.41) is 9.30. The summed E-state index contributed by atoms with van der Waals surface area (Å²) in [6.07, 6.45) is 1.96. The van der Waals surface area contributed by atoms with Gasteiger partial charge in [0.25, 0.3) is 0 Å². The Morgan fingerprint density at radius 2 is 0.962 bits per heavy atom. The highest BCUT2D eigenvalue weighted by Gasteiger charge is 2.15. The lowest BCUT2D eigenvalue weighted by Gasteiger charge is -2.05. The summed E-state index contributed by atoms with van der Waals surface area (Å²) in [5.74, 6) is 1.72. The fourth-order valence-corrected chi connectivity index (χ4v) is 4.07. The van der Waals surface area contributed by atoms with E-state index in [0.29, 0.717) is 10.3 Å². The summed E-state index contributed by atoms with van der Waals surface area (Å²) >= 11 is 27.5. The number of halogens is 4. The van der Waals surface area contributed by atoms with Crippen LogP contribution < -0.4 is 0 Å². The van der Waals surface area contributed by atoms with Gasteiger partial charge in [0.2, 0.25) is 0 Å². The van der Waals surface area contributed by atoms with Gasteiger partial charge in [-0.3, -0.25) is 0 Å². The summed E-state index contributed by atoms with van der Waals surface area (Å²) in [6, 6.07) is 0. The Labute approximate surface area is 179 Å². The average Bonchev–Trinajstić information content (AvgIpc) is 2.59. The van der Waals surface area contributed by atoms with Gasteiger partial charge in [0.15, 0.2) is 42.3 Å². The van der Waals surface area contributed by atoms with E-state index in [4.69, 9.17) is 46.4 Å². The van der Waals surface area contributed by atoms with Crippen LogP contribution in [0.5, 0.6) is 0 Å². The highest BCUT2D eigenvalue weighted by molar-refractivity contribution is 7.99. The molecule has 0 spiro atoms. The quantitative estimate of drug-likeness (QED) is 0.174. The first-order chi connectivity index (χ1) is 12.5. The number of nitrogens with zero attached hydrogens (tertiary/aromatic N) is 6. The zero-order valence-corrected chi connectivity index (χ0v) is 18.5. The SMILES string of the molecule is CCCSc1nc(Cl)c(N=Nc2c(Cl)nc(SCCC)nc2Cl)c(Cl)n1. The lowest BCUT2D eigenvalue weighted by molar-refractivity contribution is 0.944. The molecular weight excluding hydrogens is 458 g/mol. The molecule has 0 aliphatic carbocycles. The van der Waals surface area contributed by atoms with Crippen molar-refractivity contribution >= 4 is 81.3 Å². The number of thioether (sulfide) groups is 2. The van der Waals surface area contributed by atoms with Crippen molar-refractivity contribution in [3.05, 3.63) is 20.6 Å². The molecule has 0 atom stereocenters. The molecule has 0 saturated heterocycles. The first kappa shape index (κ1) is 21.9. The van der Waals surface area contributed by atoms with E-state index in [1.54, 1.807) is 0 Å². The molecule has 0 N–H and O–H groups in total. The molecule has 0 bridgehead atoms. The molecule has 2 rings (SSSR count). The number of rotatable bonds is 8. The first-order valence-electron chi connectivity index (χ1n) is 7.59. The van der Waals surface area contributed by atoms with Crippen molar-refractivity contribution in [1.29, 1.82) is 0 Å². The van der Waals surface area contributed by atoms with Crippen LogP contribution in [-0.2, 0) is 0 Å². The molecule has 0 saturated carbocycles. The average molecular weight is 472 g/mol. The Balaban J connectivity index is 2.27. The van der Waals surface area contributed by atoms with Crippen LogP contribution in [0.15, 0.2) is 20.5 Å². The topological polar surface area (TPSA) is 76.3 Å². The fourth-order valence-electron chi connectivity index (χ4n) is 1.55. The van der Waals surface area contributed by atoms with E-state index in [-0.39, 0.29) is 32.0 Å². The maximum Gasteiger partial charge on any atom is 0.190 e. The molecule has 0 unspecified atom stereocenters. The van der Waals surface area contributed by atoms with E-state index >= 15 is 0 Å². The largest absolute Gasteiger partial charge is 0.208 e. The molecule has 0 aliphatic heterocycles. The zero-order chi connectivity index (χ0) is 19.1. The van der Waals surface area contributed by atoms with Gasteiger partial charge in [-0.1, -0.05) is 83.8 Å². The smallest absolute Gasteiger partial charge is 0.190 e. The molecule has 0 aliphatic rings. The van der Waals surface area contributed by atoms with Gasteiger partial charge >= 0.3 is 0 Å². The molecule has 6 nitrogen and oxygen atoms in total. The molecule has 12 heteroatoms. The van der Waals surface area contributed by atoms with Gasteiger partial charge in [-0.25, -0.2) is 19.9 Å². The van der Waals surface area contributed by atoms with Crippen molar-refractivity contribution in [3.8, 4) is 0 Å². The Morgan fingerprint density at radius 3 is 1.23 bits per heavy atom. The normalized spacial score (nSPS) is 11.5. The second-order valence-electron chi connectivity index (χ2n) is 4.77. The third-order valence-corrected chi connectivity index (χ3v) is 5.84. The van der Waals surface area contributed by atoms with Crippen molar-refractivity contribution in [3.63, 3.8) is 0 Å². The minimum atomic E-state index is 0.0932. The first-order valence-corrected chi connectivity index (χ1v) is 11.1.